The van der Waals surface area contributed by atoms with Crippen LogP contribution in [-0.2, 0) is 13.1 Å². The third kappa shape index (κ3) is 4.03. The fraction of sp³-hybridized carbons (Fsp3) is 0.375. The molecule has 0 aliphatic heterocycles. The molecule has 4 nitrogen and oxygen atoms in total. The summed E-state index contributed by atoms with van der Waals surface area (Å²) >= 11 is 0. The molecule has 0 unspecified atom stereocenters. The third-order valence-electron chi connectivity index (χ3n) is 3.14. The average molecular weight is 270 g/mol. The number of hydrogen-bond acceptors (Lipinski definition) is 4. The third-order valence-corrected chi connectivity index (χ3v) is 3.14. The maximum Gasteiger partial charge on any atom is 0.0600 e. The normalized spacial score (nSPS) is 10.6. The van der Waals surface area contributed by atoms with Crippen molar-refractivity contribution in [1.82, 2.24) is 15.3 Å². The molecule has 2 aromatic rings. The lowest BCUT2D eigenvalue weighted by Crippen LogP contribution is -2.18. The Hall–Kier alpha value is -1.94. The van der Waals surface area contributed by atoms with E-state index in [9.17, 15) is 0 Å². The van der Waals surface area contributed by atoms with E-state index < -0.39 is 0 Å². The van der Waals surface area contributed by atoms with E-state index in [-0.39, 0.29) is 0 Å². The van der Waals surface area contributed by atoms with Gasteiger partial charge in [0.25, 0.3) is 0 Å². The number of nitrogens with zero attached hydrogens (tertiary/aromatic N) is 3. The summed E-state index contributed by atoms with van der Waals surface area (Å²) in [6.07, 6.45) is 1.86. The first kappa shape index (κ1) is 14.5. The maximum atomic E-state index is 4.54. The fourth-order valence-corrected chi connectivity index (χ4v) is 2.07. The Morgan fingerprint density at radius 3 is 2.80 bits per heavy atom. The second-order valence-electron chi connectivity index (χ2n) is 4.91. The van der Waals surface area contributed by atoms with Crippen LogP contribution < -0.4 is 10.2 Å². The van der Waals surface area contributed by atoms with Gasteiger partial charge in [-0.2, -0.15) is 0 Å². The maximum absolute atomic E-state index is 4.54. The standard InChI is InChI=1S/C16H22N4/c1-4-17-11-15-10-16(8-9-18-15)20(3)12-14-7-5-6-13(2)19-14/h5-10,17H,4,11-12H2,1-3H3. The van der Waals surface area contributed by atoms with Gasteiger partial charge in [0.15, 0.2) is 0 Å². The molecular formula is C16H22N4. The van der Waals surface area contributed by atoms with Crippen molar-refractivity contribution in [2.45, 2.75) is 26.9 Å². The largest absolute Gasteiger partial charge is 0.369 e. The molecule has 0 aliphatic rings. The molecule has 0 fully saturated rings. The molecule has 0 saturated heterocycles. The fourth-order valence-electron chi connectivity index (χ4n) is 2.07. The highest BCUT2D eigenvalue weighted by atomic mass is 15.1. The second-order valence-corrected chi connectivity index (χ2v) is 4.91. The van der Waals surface area contributed by atoms with Gasteiger partial charge in [0, 0.05) is 31.2 Å². The van der Waals surface area contributed by atoms with Crippen molar-refractivity contribution in [2.75, 3.05) is 18.5 Å². The summed E-state index contributed by atoms with van der Waals surface area (Å²) in [5.74, 6) is 0. The molecule has 2 aromatic heterocycles. The lowest BCUT2D eigenvalue weighted by atomic mass is 10.2. The first-order valence-corrected chi connectivity index (χ1v) is 6.98. The van der Waals surface area contributed by atoms with Crippen LogP contribution in [0.3, 0.4) is 0 Å². The molecule has 20 heavy (non-hydrogen) atoms. The Kier molecular flexibility index (Phi) is 5.07. The number of rotatable bonds is 6. The number of aromatic nitrogens is 2. The number of hydrogen-bond donors (Lipinski definition) is 1. The predicted molar refractivity (Wildman–Crippen MR) is 82.7 cm³/mol. The summed E-state index contributed by atoms with van der Waals surface area (Å²) in [5, 5.41) is 3.29. The zero-order valence-corrected chi connectivity index (χ0v) is 12.4. The number of pyridine rings is 2. The van der Waals surface area contributed by atoms with Crippen molar-refractivity contribution in [3.8, 4) is 0 Å². The molecule has 4 heteroatoms. The molecule has 0 aromatic carbocycles. The summed E-state index contributed by atoms with van der Waals surface area (Å²) < 4.78 is 0. The van der Waals surface area contributed by atoms with Crippen LogP contribution in [0.4, 0.5) is 5.69 Å². The van der Waals surface area contributed by atoms with E-state index in [4.69, 9.17) is 0 Å². The lowest BCUT2D eigenvalue weighted by molar-refractivity contribution is 0.710. The Bertz CT molecular complexity index is 554. The van der Waals surface area contributed by atoms with Gasteiger partial charge in [0.2, 0.25) is 0 Å². The van der Waals surface area contributed by atoms with E-state index >= 15 is 0 Å². The van der Waals surface area contributed by atoms with Crippen molar-refractivity contribution in [3.63, 3.8) is 0 Å². The Balaban J connectivity index is 2.06. The van der Waals surface area contributed by atoms with Crippen molar-refractivity contribution < 1.29 is 0 Å². The van der Waals surface area contributed by atoms with Crippen molar-refractivity contribution in [1.29, 1.82) is 0 Å². The minimum atomic E-state index is 0.798. The molecule has 106 valence electrons. The van der Waals surface area contributed by atoms with Crippen LogP contribution in [0.2, 0.25) is 0 Å². The minimum absolute atomic E-state index is 0.798. The van der Waals surface area contributed by atoms with Gasteiger partial charge in [-0.1, -0.05) is 13.0 Å². The highest BCUT2D eigenvalue weighted by Crippen LogP contribution is 2.15. The molecule has 1 N–H and O–H groups in total. The van der Waals surface area contributed by atoms with Gasteiger partial charge < -0.3 is 10.2 Å². The van der Waals surface area contributed by atoms with Gasteiger partial charge in [-0.15, -0.1) is 0 Å². The molecule has 0 radical (unpaired) electrons. The molecular weight excluding hydrogens is 248 g/mol. The zero-order chi connectivity index (χ0) is 14.4. The predicted octanol–water partition coefficient (Wildman–Crippen LogP) is 2.53. The topological polar surface area (TPSA) is 41.0 Å². The van der Waals surface area contributed by atoms with Crippen LogP contribution in [-0.4, -0.2) is 23.6 Å². The average Bonchev–Trinajstić information content (AvgIpc) is 2.45. The Labute approximate surface area is 120 Å². The van der Waals surface area contributed by atoms with E-state index in [2.05, 4.69) is 52.4 Å². The summed E-state index contributed by atoms with van der Waals surface area (Å²) in [5.41, 5.74) is 4.36. The van der Waals surface area contributed by atoms with Crippen LogP contribution in [0.1, 0.15) is 24.0 Å². The quantitative estimate of drug-likeness (QED) is 0.876. The Morgan fingerprint density at radius 1 is 1.20 bits per heavy atom. The van der Waals surface area contributed by atoms with Gasteiger partial charge in [-0.3, -0.25) is 9.97 Å². The summed E-state index contributed by atoms with van der Waals surface area (Å²) in [6, 6.07) is 10.3. The van der Waals surface area contributed by atoms with Crippen molar-refractivity contribution in [3.05, 3.63) is 53.6 Å². The SMILES string of the molecule is CCNCc1cc(N(C)Cc2cccc(C)n2)ccn1. The number of anilines is 1. The van der Waals surface area contributed by atoms with Gasteiger partial charge >= 0.3 is 0 Å². The van der Waals surface area contributed by atoms with Crippen molar-refractivity contribution in [2.24, 2.45) is 0 Å². The van der Waals surface area contributed by atoms with Crippen LogP contribution in [0, 0.1) is 6.92 Å². The first-order chi connectivity index (χ1) is 9.69. The van der Waals surface area contributed by atoms with E-state index in [1.165, 1.54) is 0 Å². The molecule has 0 saturated carbocycles. The number of nitrogens with one attached hydrogen (secondary N) is 1. The van der Waals surface area contributed by atoms with Crippen LogP contribution in [0.5, 0.6) is 0 Å². The Morgan fingerprint density at radius 2 is 2.05 bits per heavy atom. The molecule has 0 amide bonds. The van der Waals surface area contributed by atoms with E-state index in [1.54, 1.807) is 0 Å². The van der Waals surface area contributed by atoms with Gasteiger partial charge in [0.05, 0.1) is 17.9 Å². The van der Waals surface area contributed by atoms with Gasteiger partial charge in [-0.05, 0) is 37.7 Å². The van der Waals surface area contributed by atoms with E-state index in [1.807, 2.05) is 25.3 Å². The first-order valence-electron chi connectivity index (χ1n) is 6.98. The van der Waals surface area contributed by atoms with Crippen LogP contribution >= 0.6 is 0 Å². The van der Waals surface area contributed by atoms with E-state index in [0.29, 0.717) is 0 Å². The highest BCUT2D eigenvalue weighted by Gasteiger charge is 2.05. The van der Waals surface area contributed by atoms with Gasteiger partial charge in [0.1, 0.15) is 0 Å². The molecule has 0 spiro atoms. The smallest absolute Gasteiger partial charge is 0.0600 e. The number of aryl methyl sites for hydroxylation is 1. The van der Waals surface area contributed by atoms with E-state index in [0.717, 1.165) is 42.4 Å². The van der Waals surface area contributed by atoms with Gasteiger partial charge in [-0.25, -0.2) is 0 Å². The molecule has 0 bridgehead atoms. The summed E-state index contributed by atoms with van der Waals surface area (Å²) in [4.78, 5) is 11.1. The highest BCUT2D eigenvalue weighted by molar-refractivity contribution is 5.46. The minimum Gasteiger partial charge on any atom is -0.369 e. The van der Waals surface area contributed by atoms with Crippen molar-refractivity contribution >= 4 is 5.69 Å². The zero-order valence-electron chi connectivity index (χ0n) is 12.4. The van der Waals surface area contributed by atoms with Crippen LogP contribution in [0.15, 0.2) is 36.5 Å². The molecule has 2 heterocycles. The molecule has 0 atom stereocenters. The second kappa shape index (κ2) is 7.01. The molecule has 2 rings (SSSR count). The summed E-state index contributed by atoms with van der Waals surface area (Å²) in [7, 11) is 2.08. The lowest BCUT2D eigenvalue weighted by Gasteiger charge is -2.19. The monoisotopic (exact) mass is 270 g/mol. The summed E-state index contributed by atoms with van der Waals surface area (Å²) in [6.45, 7) is 6.67. The molecule has 0 aliphatic carbocycles. The van der Waals surface area contributed by atoms with Crippen LogP contribution in [0.25, 0.3) is 0 Å².